The maximum absolute atomic E-state index is 7.13. The predicted molar refractivity (Wildman–Crippen MR) is 225 cm³/mol. The summed E-state index contributed by atoms with van der Waals surface area (Å²) in [7, 11) is 0. The van der Waals surface area contributed by atoms with Gasteiger partial charge in [-0.05, 0) is 73.8 Å². The number of furan rings is 1. The smallest absolute Gasteiger partial charge is 0.165 e. The van der Waals surface area contributed by atoms with Crippen molar-refractivity contribution in [2.24, 2.45) is 0 Å². The Balaban J connectivity index is 1.33. The van der Waals surface area contributed by atoms with Gasteiger partial charge in [-0.2, -0.15) is 0 Å². The Bertz CT molecular complexity index is 3490. The highest BCUT2D eigenvalue weighted by Crippen LogP contribution is 2.48. The molecule has 0 amide bonds. The zero-order valence-corrected chi connectivity index (χ0v) is 29.0. The molecule has 3 aromatic heterocycles. The first-order valence-corrected chi connectivity index (χ1v) is 18.3. The molecule has 0 aliphatic heterocycles. The van der Waals surface area contributed by atoms with Crippen LogP contribution in [0.25, 0.3) is 115 Å². The van der Waals surface area contributed by atoms with E-state index in [9.17, 15) is 0 Å². The summed E-state index contributed by atoms with van der Waals surface area (Å²) in [5.74, 6) is 0.761. The van der Waals surface area contributed by atoms with Crippen LogP contribution in [-0.4, -0.2) is 14.5 Å². The van der Waals surface area contributed by atoms with Gasteiger partial charge in [-0.1, -0.05) is 146 Å². The van der Waals surface area contributed by atoms with Gasteiger partial charge in [0.15, 0.2) is 11.4 Å². The van der Waals surface area contributed by atoms with Gasteiger partial charge in [0.05, 0.1) is 22.1 Å². The molecule has 12 aromatic rings. The lowest BCUT2D eigenvalue weighted by molar-refractivity contribution is 0.671. The van der Waals surface area contributed by atoms with Gasteiger partial charge >= 0.3 is 0 Å². The van der Waals surface area contributed by atoms with Gasteiger partial charge in [-0.25, -0.2) is 9.97 Å². The molecule has 0 bridgehead atoms. The Morgan fingerprint density at radius 2 is 1.06 bits per heavy atom. The lowest BCUT2D eigenvalue weighted by Gasteiger charge is -2.15. The molecule has 0 N–H and O–H groups in total. The van der Waals surface area contributed by atoms with Gasteiger partial charge < -0.3 is 4.42 Å². The molecule has 0 atom stereocenters. The summed E-state index contributed by atoms with van der Waals surface area (Å²) in [4.78, 5) is 11.0. The first-order chi connectivity index (χ1) is 26.8. The molecule has 0 saturated heterocycles. The molecule has 9 aromatic carbocycles. The van der Waals surface area contributed by atoms with Gasteiger partial charge in [0.1, 0.15) is 11.3 Å². The fraction of sp³-hybridized carbons (Fsp3) is 0. The second-order valence-corrected chi connectivity index (χ2v) is 14.1. The number of fused-ring (bicyclic) bond motifs is 14. The van der Waals surface area contributed by atoms with E-state index in [1.807, 2.05) is 12.1 Å². The molecule has 0 saturated carbocycles. The van der Waals surface area contributed by atoms with Crippen LogP contribution in [0.2, 0.25) is 0 Å². The molecule has 0 aliphatic carbocycles. The molecule has 54 heavy (non-hydrogen) atoms. The van der Waals surface area contributed by atoms with Crippen LogP contribution in [0.5, 0.6) is 0 Å². The quantitative estimate of drug-likeness (QED) is 0.186. The molecule has 3 heterocycles. The fourth-order valence-corrected chi connectivity index (χ4v) is 8.69. The normalized spacial score (nSPS) is 12.1. The van der Waals surface area contributed by atoms with Crippen molar-refractivity contribution in [1.29, 1.82) is 0 Å². The lowest BCUT2D eigenvalue weighted by atomic mass is 9.96. The van der Waals surface area contributed by atoms with E-state index in [1.54, 1.807) is 0 Å². The third kappa shape index (κ3) is 4.13. The van der Waals surface area contributed by atoms with E-state index >= 15 is 0 Å². The summed E-state index contributed by atoms with van der Waals surface area (Å²) in [5.41, 5.74) is 9.46. The van der Waals surface area contributed by atoms with Crippen LogP contribution in [-0.2, 0) is 0 Å². The van der Waals surface area contributed by atoms with E-state index in [4.69, 9.17) is 14.4 Å². The monoisotopic (exact) mass is 687 g/mol. The van der Waals surface area contributed by atoms with Gasteiger partial charge in [0.2, 0.25) is 0 Å². The highest BCUT2D eigenvalue weighted by Gasteiger charge is 2.27. The molecule has 12 rings (SSSR count). The zero-order chi connectivity index (χ0) is 35.3. The summed E-state index contributed by atoms with van der Waals surface area (Å²) < 4.78 is 9.46. The third-order valence-electron chi connectivity index (χ3n) is 11.1. The van der Waals surface area contributed by atoms with Crippen molar-refractivity contribution < 1.29 is 4.42 Å². The zero-order valence-electron chi connectivity index (χ0n) is 29.0. The highest BCUT2D eigenvalue weighted by atomic mass is 16.3. The van der Waals surface area contributed by atoms with E-state index in [0.717, 1.165) is 83.0 Å². The standard InChI is InChI=1S/C50H29N3O/c1-3-13-30(14-4-1)35-23-25-40-41(28-35)52-50(47(51-40)32-16-5-2-6-17-32)53-42-26-24-31-15-9-10-20-36(31)45(42)46-38-22-12-11-21-37(38)44-39-27-33-18-7-8-19-34(33)29-43(39)54-49(44)48(46)53/h1-29H. The number of nitrogens with zero attached hydrogens (tertiary/aromatic N) is 3. The van der Waals surface area contributed by atoms with Crippen LogP contribution in [0.3, 0.4) is 0 Å². The van der Waals surface area contributed by atoms with Crippen LogP contribution < -0.4 is 0 Å². The summed E-state index contributed by atoms with van der Waals surface area (Å²) >= 11 is 0. The van der Waals surface area contributed by atoms with Crippen molar-refractivity contribution in [3.63, 3.8) is 0 Å². The van der Waals surface area contributed by atoms with Crippen LogP contribution >= 0.6 is 0 Å². The van der Waals surface area contributed by atoms with Crippen molar-refractivity contribution >= 4 is 87.1 Å². The van der Waals surface area contributed by atoms with Crippen molar-refractivity contribution in [3.05, 3.63) is 176 Å². The molecule has 4 heteroatoms. The number of hydrogen-bond donors (Lipinski definition) is 0. The number of benzene rings is 9. The van der Waals surface area contributed by atoms with Crippen LogP contribution in [0.15, 0.2) is 180 Å². The highest BCUT2D eigenvalue weighted by molar-refractivity contribution is 6.38. The van der Waals surface area contributed by atoms with Gasteiger partial charge in [0.25, 0.3) is 0 Å². The van der Waals surface area contributed by atoms with Crippen molar-refractivity contribution in [2.45, 2.75) is 0 Å². The minimum absolute atomic E-state index is 0.761. The topological polar surface area (TPSA) is 43.9 Å². The Morgan fingerprint density at radius 1 is 0.407 bits per heavy atom. The van der Waals surface area contributed by atoms with E-state index < -0.39 is 0 Å². The van der Waals surface area contributed by atoms with Gasteiger partial charge in [0, 0.05) is 27.1 Å². The summed E-state index contributed by atoms with van der Waals surface area (Å²) in [6.45, 7) is 0. The van der Waals surface area contributed by atoms with Gasteiger partial charge in [-0.3, -0.25) is 4.57 Å². The fourth-order valence-electron chi connectivity index (χ4n) is 8.69. The summed E-state index contributed by atoms with van der Waals surface area (Å²) in [5, 5.41) is 11.6. The minimum Gasteiger partial charge on any atom is -0.454 e. The van der Waals surface area contributed by atoms with E-state index in [0.29, 0.717) is 0 Å². The van der Waals surface area contributed by atoms with Crippen molar-refractivity contribution in [3.8, 4) is 28.2 Å². The first kappa shape index (κ1) is 29.3. The molecule has 4 nitrogen and oxygen atoms in total. The largest absolute Gasteiger partial charge is 0.454 e. The molecule has 0 spiro atoms. The number of aromatic nitrogens is 3. The van der Waals surface area contributed by atoms with Crippen LogP contribution in [0.4, 0.5) is 0 Å². The van der Waals surface area contributed by atoms with Crippen molar-refractivity contribution in [1.82, 2.24) is 14.5 Å². The predicted octanol–water partition coefficient (Wildman–Crippen LogP) is 13.4. The molecule has 0 aliphatic rings. The average molecular weight is 688 g/mol. The van der Waals surface area contributed by atoms with E-state index in [-0.39, 0.29) is 0 Å². The molecular weight excluding hydrogens is 659 g/mol. The molecule has 250 valence electrons. The maximum Gasteiger partial charge on any atom is 0.165 e. The van der Waals surface area contributed by atoms with E-state index in [1.165, 1.54) is 32.3 Å². The minimum atomic E-state index is 0.761. The molecule has 0 unspecified atom stereocenters. The van der Waals surface area contributed by atoms with E-state index in [2.05, 4.69) is 168 Å². The summed E-state index contributed by atoms with van der Waals surface area (Å²) in [6.07, 6.45) is 0. The Hall–Kier alpha value is -7.30. The second kappa shape index (κ2) is 11.1. The summed E-state index contributed by atoms with van der Waals surface area (Å²) in [6, 6.07) is 62.2. The first-order valence-electron chi connectivity index (χ1n) is 18.3. The number of hydrogen-bond acceptors (Lipinski definition) is 3. The average Bonchev–Trinajstić information content (AvgIpc) is 3.79. The molecular formula is C50H29N3O. The SMILES string of the molecule is c1ccc(-c2ccc3nc(-c4ccccc4)c(-n4c5ccc6ccccc6c5c5c6ccccc6c6c7cc8ccccc8cc7oc6c54)nc3c2)cc1. The number of rotatable bonds is 3. The Labute approximate surface area is 309 Å². The third-order valence-corrected chi connectivity index (χ3v) is 11.1. The Kier molecular flexibility index (Phi) is 6.02. The second-order valence-electron chi connectivity index (χ2n) is 14.1. The molecule has 0 radical (unpaired) electrons. The van der Waals surface area contributed by atoms with Crippen LogP contribution in [0.1, 0.15) is 0 Å². The lowest BCUT2D eigenvalue weighted by Crippen LogP contribution is -2.04. The maximum atomic E-state index is 7.13. The Morgan fingerprint density at radius 3 is 1.83 bits per heavy atom. The van der Waals surface area contributed by atoms with Crippen LogP contribution in [0, 0.1) is 0 Å². The molecule has 0 fully saturated rings. The van der Waals surface area contributed by atoms with Crippen molar-refractivity contribution in [2.75, 3.05) is 0 Å². The van der Waals surface area contributed by atoms with Gasteiger partial charge in [-0.15, -0.1) is 0 Å².